The highest BCUT2D eigenvalue weighted by atomic mass is 16.6. The van der Waals surface area contributed by atoms with Crippen LogP contribution in [-0.4, -0.2) is 31.5 Å². The Balaban J connectivity index is 1.64. The van der Waals surface area contributed by atoms with Gasteiger partial charge in [-0.3, -0.25) is 15.1 Å². The van der Waals surface area contributed by atoms with Crippen molar-refractivity contribution < 1.29 is 4.92 Å². The largest absolute Gasteiger partial charge is 0.334 e. The smallest absolute Gasteiger partial charge is 0.311 e. The minimum Gasteiger partial charge on any atom is -0.334 e. The van der Waals surface area contributed by atoms with Crippen LogP contribution in [0.3, 0.4) is 0 Å². The normalized spacial score (nSPS) is 10.5. The number of hydrogen-bond acceptors (Lipinski definition) is 7. The summed E-state index contributed by atoms with van der Waals surface area (Å²) in [5.74, 6) is 0.739. The van der Waals surface area contributed by atoms with E-state index in [-0.39, 0.29) is 11.5 Å². The monoisotopic (exact) mass is 387 g/mol. The van der Waals surface area contributed by atoms with Crippen molar-refractivity contribution in [3.8, 4) is 5.69 Å². The summed E-state index contributed by atoms with van der Waals surface area (Å²) in [6.07, 6.45) is 8.60. The van der Waals surface area contributed by atoms with Gasteiger partial charge in [-0.25, -0.2) is 9.97 Å². The third-order valence-corrected chi connectivity index (χ3v) is 4.38. The van der Waals surface area contributed by atoms with Gasteiger partial charge < -0.3 is 14.8 Å². The molecule has 1 aromatic carbocycles. The van der Waals surface area contributed by atoms with Gasteiger partial charge >= 0.3 is 5.69 Å². The molecule has 0 fully saturated rings. The average molecular weight is 387 g/mol. The van der Waals surface area contributed by atoms with E-state index in [2.05, 4.69) is 20.3 Å². The van der Waals surface area contributed by atoms with Gasteiger partial charge in [-0.15, -0.1) is 0 Å². The molecule has 0 aliphatic carbocycles. The van der Waals surface area contributed by atoms with Gasteiger partial charge in [-0.05, 0) is 42.5 Å². The van der Waals surface area contributed by atoms with E-state index in [1.165, 1.54) is 6.07 Å². The summed E-state index contributed by atoms with van der Waals surface area (Å²) >= 11 is 0. The topological polar surface area (TPSA) is 102 Å². The summed E-state index contributed by atoms with van der Waals surface area (Å²) < 4.78 is 1.87. The Labute approximate surface area is 166 Å². The maximum atomic E-state index is 11.5. The molecule has 0 saturated heterocycles. The number of anilines is 4. The molecule has 3 heterocycles. The first kappa shape index (κ1) is 18.1. The highest BCUT2D eigenvalue weighted by molar-refractivity contribution is 5.70. The number of hydrogen-bond donors (Lipinski definition) is 1. The predicted molar refractivity (Wildman–Crippen MR) is 110 cm³/mol. The quantitative estimate of drug-likeness (QED) is 0.393. The van der Waals surface area contributed by atoms with Gasteiger partial charge in [0.05, 0.1) is 11.3 Å². The van der Waals surface area contributed by atoms with Crippen molar-refractivity contribution in [1.29, 1.82) is 0 Å². The molecule has 4 rings (SSSR count). The second-order valence-electron chi connectivity index (χ2n) is 6.20. The Morgan fingerprint density at radius 3 is 2.41 bits per heavy atom. The predicted octanol–water partition coefficient (Wildman–Crippen LogP) is 4.08. The average Bonchev–Trinajstić information content (AvgIpc) is 3.29. The van der Waals surface area contributed by atoms with E-state index in [9.17, 15) is 10.1 Å². The number of rotatable bonds is 6. The zero-order valence-corrected chi connectivity index (χ0v) is 15.5. The van der Waals surface area contributed by atoms with Crippen LogP contribution >= 0.6 is 0 Å². The fourth-order valence-electron chi connectivity index (χ4n) is 2.83. The van der Waals surface area contributed by atoms with Crippen molar-refractivity contribution in [2.75, 3.05) is 17.3 Å². The molecule has 0 unspecified atom stereocenters. The van der Waals surface area contributed by atoms with Crippen LogP contribution in [0.2, 0.25) is 0 Å². The molecule has 29 heavy (non-hydrogen) atoms. The molecule has 144 valence electrons. The van der Waals surface area contributed by atoms with E-state index in [0.717, 1.165) is 11.4 Å². The van der Waals surface area contributed by atoms with E-state index in [1.54, 1.807) is 31.0 Å². The number of benzene rings is 1. The zero-order chi connectivity index (χ0) is 20.2. The summed E-state index contributed by atoms with van der Waals surface area (Å²) in [4.78, 5) is 25.3. The Kier molecular flexibility index (Phi) is 4.85. The molecule has 0 spiro atoms. The van der Waals surface area contributed by atoms with Crippen molar-refractivity contribution in [3.63, 3.8) is 0 Å². The molecular weight excluding hydrogens is 370 g/mol. The van der Waals surface area contributed by atoms with Crippen LogP contribution in [0, 0.1) is 10.1 Å². The van der Waals surface area contributed by atoms with Gasteiger partial charge in [0, 0.05) is 55.0 Å². The highest BCUT2D eigenvalue weighted by Crippen LogP contribution is 2.30. The van der Waals surface area contributed by atoms with Gasteiger partial charge in [-0.2, -0.15) is 0 Å². The Morgan fingerprint density at radius 1 is 1.00 bits per heavy atom. The third kappa shape index (κ3) is 3.88. The zero-order valence-electron chi connectivity index (χ0n) is 15.5. The van der Waals surface area contributed by atoms with Crippen LogP contribution in [0.5, 0.6) is 0 Å². The molecule has 0 aliphatic rings. The summed E-state index contributed by atoms with van der Waals surface area (Å²) in [5.41, 5.74) is 2.39. The fraction of sp³-hybridized carbons (Fsp3) is 0.0500. The maximum absolute atomic E-state index is 11.5. The molecule has 0 radical (unpaired) electrons. The number of nitrogens with zero attached hydrogens (tertiary/aromatic N) is 6. The van der Waals surface area contributed by atoms with Crippen molar-refractivity contribution in [2.24, 2.45) is 0 Å². The lowest BCUT2D eigenvalue weighted by Crippen LogP contribution is -2.12. The Morgan fingerprint density at radius 2 is 1.76 bits per heavy atom. The fourth-order valence-corrected chi connectivity index (χ4v) is 2.83. The molecular formula is C20H17N7O2. The second kappa shape index (κ2) is 7.77. The highest BCUT2D eigenvalue weighted by Gasteiger charge is 2.18. The van der Waals surface area contributed by atoms with Gasteiger partial charge in [-0.1, -0.05) is 0 Å². The first-order valence-electron chi connectivity index (χ1n) is 8.76. The molecule has 9 heteroatoms. The molecule has 0 aliphatic heterocycles. The number of aromatic nitrogens is 4. The first-order chi connectivity index (χ1) is 14.1. The summed E-state index contributed by atoms with van der Waals surface area (Å²) in [5, 5.41) is 14.5. The van der Waals surface area contributed by atoms with Gasteiger partial charge in [0.1, 0.15) is 5.82 Å². The SMILES string of the molecule is CN(c1ccncc1)c1ccc([N+](=O)[O-])c(Nc2ccc(-n3ccnc3)cc2)n1. The van der Waals surface area contributed by atoms with E-state index in [0.29, 0.717) is 11.5 Å². The summed E-state index contributed by atoms with van der Waals surface area (Å²) in [7, 11) is 1.84. The number of pyridine rings is 2. The molecule has 1 N–H and O–H groups in total. The van der Waals surface area contributed by atoms with Crippen molar-refractivity contribution in [2.45, 2.75) is 0 Å². The first-order valence-corrected chi connectivity index (χ1v) is 8.76. The number of imidazole rings is 1. The van der Waals surface area contributed by atoms with E-state index in [1.807, 2.05) is 59.1 Å². The van der Waals surface area contributed by atoms with Crippen LogP contribution in [0.1, 0.15) is 0 Å². The Bertz CT molecular complexity index is 1110. The molecule has 0 amide bonds. The minimum atomic E-state index is -0.453. The van der Waals surface area contributed by atoms with E-state index in [4.69, 9.17) is 0 Å². The van der Waals surface area contributed by atoms with Crippen LogP contribution in [0.15, 0.2) is 79.6 Å². The Hall–Kier alpha value is -4.27. The van der Waals surface area contributed by atoms with Crippen molar-refractivity contribution in [3.05, 3.63) is 89.8 Å². The van der Waals surface area contributed by atoms with Crippen LogP contribution in [0.4, 0.5) is 28.7 Å². The third-order valence-electron chi connectivity index (χ3n) is 4.38. The molecule has 0 saturated carbocycles. The number of nitrogens with one attached hydrogen (secondary N) is 1. The van der Waals surface area contributed by atoms with Crippen LogP contribution in [-0.2, 0) is 0 Å². The number of nitro groups is 1. The summed E-state index contributed by atoms with van der Waals surface area (Å²) in [6.45, 7) is 0. The lowest BCUT2D eigenvalue weighted by atomic mass is 10.2. The molecule has 0 atom stereocenters. The standard InChI is InChI=1S/C20H17N7O2/c1-25(16-8-10-21-11-9-16)19-7-6-18(27(28)29)20(24-19)23-15-2-4-17(5-3-15)26-13-12-22-14-26/h2-14H,1H3,(H,23,24). The maximum Gasteiger partial charge on any atom is 0.311 e. The lowest BCUT2D eigenvalue weighted by Gasteiger charge is -2.19. The van der Waals surface area contributed by atoms with E-state index < -0.39 is 4.92 Å². The molecule has 0 bridgehead atoms. The second-order valence-corrected chi connectivity index (χ2v) is 6.20. The summed E-state index contributed by atoms with van der Waals surface area (Å²) in [6, 6.07) is 14.2. The molecule has 4 aromatic rings. The van der Waals surface area contributed by atoms with Gasteiger partial charge in [0.2, 0.25) is 5.82 Å². The molecule has 9 nitrogen and oxygen atoms in total. The minimum absolute atomic E-state index is 0.101. The van der Waals surface area contributed by atoms with Gasteiger partial charge in [0.15, 0.2) is 0 Å². The van der Waals surface area contributed by atoms with Gasteiger partial charge in [0.25, 0.3) is 0 Å². The van der Waals surface area contributed by atoms with Crippen LogP contribution in [0.25, 0.3) is 5.69 Å². The molecule has 3 aromatic heterocycles. The van der Waals surface area contributed by atoms with E-state index >= 15 is 0 Å². The lowest BCUT2D eigenvalue weighted by molar-refractivity contribution is -0.384. The van der Waals surface area contributed by atoms with Crippen LogP contribution < -0.4 is 10.2 Å². The van der Waals surface area contributed by atoms with Crippen molar-refractivity contribution in [1.82, 2.24) is 19.5 Å². The van der Waals surface area contributed by atoms with Crippen molar-refractivity contribution >= 4 is 28.7 Å².